The third-order valence-corrected chi connectivity index (χ3v) is 3.47. The normalized spacial score (nSPS) is 12.4. The Hall–Kier alpha value is -1.09. The van der Waals surface area contributed by atoms with E-state index < -0.39 is 0 Å². The SMILES string of the molecule is CNC(c1ccccc1Cl)c1c(F)cccc1Cl. The second-order valence-corrected chi connectivity index (χ2v) is 4.69. The van der Waals surface area contributed by atoms with Crippen LogP contribution in [0.1, 0.15) is 17.2 Å². The van der Waals surface area contributed by atoms with E-state index in [0.29, 0.717) is 15.6 Å². The maximum atomic E-state index is 13.9. The fourth-order valence-corrected chi connectivity index (χ4v) is 2.47. The molecule has 0 spiro atoms. The Kier molecular flexibility index (Phi) is 4.23. The molecule has 0 bridgehead atoms. The molecule has 2 rings (SSSR count). The zero-order valence-electron chi connectivity index (χ0n) is 9.75. The Labute approximate surface area is 116 Å². The van der Waals surface area contributed by atoms with Gasteiger partial charge in [-0.05, 0) is 30.8 Å². The topological polar surface area (TPSA) is 12.0 Å². The molecule has 0 amide bonds. The van der Waals surface area contributed by atoms with Crippen LogP contribution in [0, 0.1) is 5.82 Å². The van der Waals surface area contributed by atoms with E-state index in [2.05, 4.69) is 5.32 Å². The predicted molar refractivity (Wildman–Crippen MR) is 73.8 cm³/mol. The van der Waals surface area contributed by atoms with Crippen LogP contribution in [0.15, 0.2) is 42.5 Å². The zero-order chi connectivity index (χ0) is 13.1. The lowest BCUT2D eigenvalue weighted by Gasteiger charge is -2.20. The van der Waals surface area contributed by atoms with Gasteiger partial charge in [-0.1, -0.05) is 47.5 Å². The molecule has 0 aliphatic rings. The number of halogens is 3. The molecule has 2 aromatic carbocycles. The van der Waals surface area contributed by atoms with E-state index in [-0.39, 0.29) is 11.9 Å². The first-order chi connectivity index (χ1) is 8.65. The maximum absolute atomic E-state index is 13.9. The number of nitrogens with one attached hydrogen (secondary N) is 1. The van der Waals surface area contributed by atoms with Crippen molar-refractivity contribution < 1.29 is 4.39 Å². The van der Waals surface area contributed by atoms with Crippen LogP contribution in [0.5, 0.6) is 0 Å². The van der Waals surface area contributed by atoms with Crippen molar-refractivity contribution in [2.45, 2.75) is 6.04 Å². The molecule has 2 aromatic rings. The predicted octanol–water partition coefficient (Wildman–Crippen LogP) is 4.44. The summed E-state index contributed by atoms with van der Waals surface area (Å²) in [7, 11) is 1.75. The van der Waals surface area contributed by atoms with Gasteiger partial charge in [0.1, 0.15) is 5.82 Å². The van der Waals surface area contributed by atoms with Crippen molar-refractivity contribution in [3.8, 4) is 0 Å². The van der Waals surface area contributed by atoms with Crippen molar-refractivity contribution in [2.75, 3.05) is 7.05 Å². The lowest BCUT2D eigenvalue weighted by Crippen LogP contribution is -2.19. The highest BCUT2D eigenvalue weighted by Crippen LogP contribution is 2.33. The molecule has 18 heavy (non-hydrogen) atoms. The smallest absolute Gasteiger partial charge is 0.129 e. The quantitative estimate of drug-likeness (QED) is 0.878. The average Bonchev–Trinajstić information content (AvgIpc) is 2.35. The monoisotopic (exact) mass is 283 g/mol. The van der Waals surface area contributed by atoms with Gasteiger partial charge in [-0.25, -0.2) is 4.39 Å². The highest BCUT2D eigenvalue weighted by molar-refractivity contribution is 6.32. The van der Waals surface area contributed by atoms with Gasteiger partial charge in [0.15, 0.2) is 0 Å². The fraction of sp³-hybridized carbons (Fsp3) is 0.143. The largest absolute Gasteiger partial charge is 0.309 e. The molecule has 0 aromatic heterocycles. The van der Waals surface area contributed by atoms with Crippen LogP contribution in [0.25, 0.3) is 0 Å². The first kappa shape index (κ1) is 13.3. The van der Waals surface area contributed by atoms with Crippen molar-refractivity contribution in [3.63, 3.8) is 0 Å². The molecule has 4 heteroatoms. The van der Waals surface area contributed by atoms with Gasteiger partial charge >= 0.3 is 0 Å². The van der Waals surface area contributed by atoms with E-state index in [1.807, 2.05) is 18.2 Å². The average molecular weight is 284 g/mol. The summed E-state index contributed by atoms with van der Waals surface area (Å²) in [5.41, 5.74) is 1.21. The van der Waals surface area contributed by atoms with Crippen molar-refractivity contribution in [1.82, 2.24) is 5.32 Å². The Bertz CT molecular complexity index is 537. The van der Waals surface area contributed by atoms with E-state index >= 15 is 0 Å². The van der Waals surface area contributed by atoms with Crippen LogP contribution >= 0.6 is 23.2 Å². The summed E-state index contributed by atoms with van der Waals surface area (Å²) in [5.74, 6) is -0.346. The third kappa shape index (κ3) is 2.51. The molecule has 0 heterocycles. The van der Waals surface area contributed by atoms with Gasteiger partial charge in [0.05, 0.1) is 6.04 Å². The minimum Gasteiger partial charge on any atom is -0.309 e. The summed E-state index contributed by atoms with van der Waals surface area (Å²) >= 11 is 12.2. The van der Waals surface area contributed by atoms with Crippen LogP contribution in [0.3, 0.4) is 0 Å². The Balaban J connectivity index is 2.56. The third-order valence-electron chi connectivity index (χ3n) is 2.79. The highest BCUT2D eigenvalue weighted by atomic mass is 35.5. The Morgan fingerprint density at radius 2 is 1.67 bits per heavy atom. The van der Waals surface area contributed by atoms with Crippen LogP contribution in [-0.2, 0) is 0 Å². The van der Waals surface area contributed by atoms with Gasteiger partial charge in [-0.3, -0.25) is 0 Å². The van der Waals surface area contributed by atoms with Crippen molar-refractivity contribution in [3.05, 3.63) is 69.5 Å². The first-order valence-electron chi connectivity index (χ1n) is 5.50. The number of hydrogen-bond acceptors (Lipinski definition) is 1. The van der Waals surface area contributed by atoms with E-state index in [1.54, 1.807) is 25.2 Å². The molecule has 0 aliphatic heterocycles. The standard InChI is InChI=1S/C14H12Cl2FN/c1-18-14(9-5-2-3-6-10(9)15)13-11(16)7-4-8-12(13)17/h2-8,14,18H,1H3. The summed E-state index contributed by atoms with van der Waals surface area (Å²) in [5, 5.41) is 4.01. The highest BCUT2D eigenvalue weighted by Gasteiger charge is 2.20. The summed E-state index contributed by atoms with van der Waals surface area (Å²) in [6, 6.07) is 11.6. The number of benzene rings is 2. The summed E-state index contributed by atoms with van der Waals surface area (Å²) in [6.07, 6.45) is 0. The maximum Gasteiger partial charge on any atom is 0.129 e. The van der Waals surface area contributed by atoms with Crippen LogP contribution in [0.2, 0.25) is 10.0 Å². The molecule has 0 aliphatic carbocycles. The van der Waals surface area contributed by atoms with E-state index in [4.69, 9.17) is 23.2 Å². The minimum absolute atomic E-state index is 0.346. The first-order valence-corrected chi connectivity index (χ1v) is 6.26. The van der Waals surface area contributed by atoms with Gasteiger partial charge < -0.3 is 5.32 Å². The van der Waals surface area contributed by atoms with Crippen molar-refractivity contribution in [2.24, 2.45) is 0 Å². The molecule has 0 radical (unpaired) electrons. The van der Waals surface area contributed by atoms with Crippen LogP contribution in [0.4, 0.5) is 4.39 Å². The molecule has 1 N–H and O–H groups in total. The lowest BCUT2D eigenvalue weighted by molar-refractivity contribution is 0.576. The second kappa shape index (κ2) is 5.70. The zero-order valence-corrected chi connectivity index (χ0v) is 11.3. The number of hydrogen-bond donors (Lipinski definition) is 1. The van der Waals surface area contributed by atoms with Gasteiger partial charge in [-0.2, -0.15) is 0 Å². The summed E-state index contributed by atoms with van der Waals surface area (Å²) in [6.45, 7) is 0. The molecule has 0 fully saturated rings. The molecular weight excluding hydrogens is 272 g/mol. The molecular formula is C14H12Cl2FN. The fourth-order valence-electron chi connectivity index (χ4n) is 1.95. The minimum atomic E-state index is -0.368. The lowest BCUT2D eigenvalue weighted by atomic mass is 9.98. The van der Waals surface area contributed by atoms with Gasteiger partial charge in [0.2, 0.25) is 0 Å². The van der Waals surface area contributed by atoms with E-state index in [0.717, 1.165) is 5.56 Å². The molecule has 1 atom stereocenters. The van der Waals surface area contributed by atoms with Crippen molar-refractivity contribution >= 4 is 23.2 Å². The van der Waals surface area contributed by atoms with Crippen molar-refractivity contribution in [1.29, 1.82) is 0 Å². The molecule has 1 nitrogen and oxygen atoms in total. The van der Waals surface area contributed by atoms with E-state index in [1.165, 1.54) is 6.07 Å². The van der Waals surface area contributed by atoms with Crippen LogP contribution < -0.4 is 5.32 Å². The van der Waals surface area contributed by atoms with Gasteiger partial charge in [0.25, 0.3) is 0 Å². The second-order valence-electron chi connectivity index (χ2n) is 3.88. The molecule has 0 saturated heterocycles. The number of rotatable bonds is 3. The Morgan fingerprint density at radius 1 is 1.00 bits per heavy atom. The summed E-state index contributed by atoms with van der Waals surface area (Å²) < 4.78 is 13.9. The van der Waals surface area contributed by atoms with Gasteiger partial charge in [0, 0.05) is 15.6 Å². The van der Waals surface area contributed by atoms with E-state index in [9.17, 15) is 4.39 Å². The Morgan fingerprint density at radius 3 is 2.28 bits per heavy atom. The van der Waals surface area contributed by atoms with Crippen LogP contribution in [-0.4, -0.2) is 7.05 Å². The summed E-state index contributed by atoms with van der Waals surface area (Å²) in [4.78, 5) is 0. The van der Waals surface area contributed by atoms with Gasteiger partial charge in [-0.15, -0.1) is 0 Å². The molecule has 1 unspecified atom stereocenters. The molecule has 94 valence electrons. The molecule has 0 saturated carbocycles.